The van der Waals surface area contributed by atoms with Crippen molar-refractivity contribution < 1.29 is 0 Å². The lowest BCUT2D eigenvalue weighted by Gasteiger charge is -2.18. The van der Waals surface area contributed by atoms with Gasteiger partial charge in [-0.25, -0.2) is 0 Å². The van der Waals surface area contributed by atoms with E-state index in [-0.39, 0.29) is 0 Å². The Balaban J connectivity index is 2.15. The average Bonchev–Trinajstić information content (AvgIpc) is 2.64. The molecule has 1 aromatic heterocycles. The van der Waals surface area contributed by atoms with Crippen LogP contribution in [0.15, 0.2) is 12.4 Å². The zero-order chi connectivity index (χ0) is 12.7. The number of aryl methyl sites for hydroxylation is 1. The largest absolute Gasteiger partial charge is 0.313 e. The fourth-order valence-corrected chi connectivity index (χ4v) is 1.98. The molecule has 0 aromatic carbocycles. The molecular formula is C13H26N4. The van der Waals surface area contributed by atoms with Gasteiger partial charge in [-0.05, 0) is 20.4 Å². The molecule has 0 fully saturated rings. The molecule has 1 N–H and O–H groups in total. The van der Waals surface area contributed by atoms with E-state index in [0.29, 0.717) is 6.04 Å². The minimum Gasteiger partial charge on any atom is -0.313 e. The Morgan fingerprint density at radius 2 is 2.29 bits per heavy atom. The Kier molecular flexibility index (Phi) is 6.22. The first-order chi connectivity index (χ1) is 8.11. The first-order valence-corrected chi connectivity index (χ1v) is 6.51. The second-order valence-electron chi connectivity index (χ2n) is 4.90. The van der Waals surface area contributed by atoms with Crippen molar-refractivity contribution in [1.82, 2.24) is 20.0 Å². The lowest BCUT2D eigenvalue weighted by molar-refractivity contribution is 0.316. The third kappa shape index (κ3) is 5.84. The first-order valence-electron chi connectivity index (χ1n) is 6.51. The molecule has 4 heteroatoms. The standard InChI is InChI=1S/C13H26N4/c1-5-6-12(2)14-7-8-16(3)10-13-9-15-17(4)11-13/h9,11-12,14H,5-8,10H2,1-4H3. The molecular weight excluding hydrogens is 212 g/mol. The highest BCUT2D eigenvalue weighted by Crippen LogP contribution is 2.00. The minimum atomic E-state index is 0.631. The zero-order valence-corrected chi connectivity index (χ0v) is 11.6. The number of hydrogen-bond donors (Lipinski definition) is 1. The molecule has 0 amide bonds. The van der Waals surface area contributed by atoms with Gasteiger partial charge in [0.1, 0.15) is 0 Å². The van der Waals surface area contributed by atoms with Crippen LogP contribution >= 0.6 is 0 Å². The monoisotopic (exact) mass is 238 g/mol. The highest BCUT2D eigenvalue weighted by atomic mass is 15.2. The van der Waals surface area contributed by atoms with Gasteiger partial charge >= 0.3 is 0 Å². The van der Waals surface area contributed by atoms with Gasteiger partial charge in [0.15, 0.2) is 0 Å². The summed E-state index contributed by atoms with van der Waals surface area (Å²) in [7, 11) is 4.11. The van der Waals surface area contributed by atoms with Gasteiger partial charge in [0.05, 0.1) is 6.20 Å². The zero-order valence-electron chi connectivity index (χ0n) is 11.6. The van der Waals surface area contributed by atoms with E-state index < -0.39 is 0 Å². The molecule has 0 bridgehead atoms. The molecule has 1 aromatic rings. The second kappa shape index (κ2) is 7.45. The Labute approximate surface area is 105 Å². The summed E-state index contributed by atoms with van der Waals surface area (Å²) < 4.78 is 1.85. The van der Waals surface area contributed by atoms with E-state index >= 15 is 0 Å². The summed E-state index contributed by atoms with van der Waals surface area (Å²) in [6.45, 7) is 7.58. The maximum absolute atomic E-state index is 4.18. The summed E-state index contributed by atoms with van der Waals surface area (Å²) >= 11 is 0. The quantitative estimate of drug-likeness (QED) is 0.747. The van der Waals surface area contributed by atoms with Gasteiger partial charge in [-0.1, -0.05) is 13.3 Å². The van der Waals surface area contributed by atoms with Crippen LogP contribution in [0.2, 0.25) is 0 Å². The summed E-state index contributed by atoms with van der Waals surface area (Å²) in [6, 6.07) is 0.631. The van der Waals surface area contributed by atoms with Gasteiger partial charge in [0.25, 0.3) is 0 Å². The summed E-state index contributed by atoms with van der Waals surface area (Å²) in [5, 5.41) is 7.72. The maximum Gasteiger partial charge on any atom is 0.0534 e. The normalized spacial score (nSPS) is 13.2. The van der Waals surface area contributed by atoms with E-state index in [0.717, 1.165) is 19.6 Å². The molecule has 0 aliphatic heterocycles. The van der Waals surface area contributed by atoms with Crippen molar-refractivity contribution in [2.75, 3.05) is 20.1 Å². The topological polar surface area (TPSA) is 33.1 Å². The Morgan fingerprint density at radius 3 is 2.88 bits per heavy atom. The fourth-order valence-electron chi connectivity index (χ4n) is 1.98. The summed E-state index contributed by atoms with van der Waals surface area (Å²) in [5.74, 6) is 0. The molecule has 1 heterocycles. The minimum absolute atomic E-state index is 0.631. The van der Waals surface area contributed by atoms with Crippen molar-refractivity contribution >= 4 is 0 Å². The predicted molar refractivity (Wildman–Crippen MR) is 71.9 cm³/mol. The van der Waals surface area contributed by atoms with Crippen molar-refractivity contribution in [3.63, 3.8) is 0 Å². The Morgan fingerprint density at radius 1 is 1.53 bits per heavy atom. The van der Waals surface area contributed by atoms with Crippen LogP contribution in [0.1, 0.15) is 32.3 Å². The highest BCUT2D eigenvalue weighted by Gasteiger charge is 2.03. The number of nitrogens with one attached hydrogen (secondary N) is 1. The van der Waals surface area contributed by atoms with Gasteiger partial charge < -0.3 is 10.2 Å². The molecule has 1 unspecified atom stereocenters. The van der Waals surface area contributed by atoms with E-state index in [1.165, 1.54) is 18.4 Å². The Hall–Kier alpha value is -0.870. The van der Waals surface area contributed by atoms with Crippen LogP contribution in [0.3, 0.4) is 0 Å². The summed E-state index contributed by atoms with van der Waals surface area (Å²) in [5.41, 5.74) is 1.27. The number of likely N-dealkylation sites (N-methyl/N-ethyl adjacent to an activating group) is 1. The smallest absolute Gasteiger partial charge is 0.0534 e. The molecule has 1 atom stereocenters. The summed E-state index contributed by atoms with van der Waals surface area (Å²) in [4.78, 5) is 2.32. The lowest BCUT2D eigenvalue weighted by atomic mass is 10.2. The molecule has 0 aliphatic rings. The van der Waals surface area contributed by atoms with Gasteiger partial charge in [-0.3, -0.25) is 4.68 Å². The number of nitrogens with zero attached hydrogens (tertiary/aromatic N) is 3. The molecule has 0 saturated heterocycles. The molecule has 4 nitrogen and oxygen atoms in total. The van der Waals surface area contributed by atoms with Gasteiger partial charge in [0.2, 0.25) is 0 Å². The van der Waals surface area contributed by atoms with E-state index in [2.05, 4.69) is 42.4 Å². The predicted octanol–water partition coefficient (Wildman–Crippen LogP) is 1.63. The number of aromatic nitrogens is 2. The van der Waals surface area contributed by atoms with Crippen LogP contribution in [0.5, 0.6) is 0 Å². The molecule has 0 aliphatic carbocycles. The SMILES string of the molecule is CCCC(C)NCCN(C)Cc1cnn(C)c1. The molecule has 0 radical (unpaired) electrons. The second-order valence-corrected chi connectivity index (χ2v) is 4.90. The third-order valence-corrected chi connectivity index (χ3v) is 2.92. The molecule has 17 heavy (non-hydrogen) atoms. The number of rotatable bonds is 8. The van der Waals surface area contributed by atoms with E-state index in [1.54, 1.807) is 0 Å². The maximum atomic E-state index is 4.18. The van der Waals surface area contributed by atoms with Crippen LogP contribution in [0, 0.1) is 0 Å². The van der Waals surface area contributed by atoms with E-state index in [9.17, 15) is 0 Å². The first kappa shape index (κ1) is 14.2. The van der Waals surface area contributed by atoms with Crippen molar-refractivity contribution in [3.05, 3.63) is 18.0 Å². The van der Waals surface area contributed by atoms with Crippen LogP contribution in [0.25, 0.3) is 0 Å². The number of hydrogen-bond acceptors (Lipinski definition) is 3. The Bertz CT molecular complexity index is 308. The van der Waals surface area contributed by atoms with Crippen LogP contribution < -0.4 is 5.32 Å². The molecule has 98 valence electrons. The van der Waals surface area contributed by atoms with Gasteiger partial charge in [0, 0.05) is 44.5 Å². The van der Waals surface area contributed by atoms with Gasteiger partial charge in [-0.15, -0.1) is 0 Å². The molecule has 0 spiro atoms. The average molecular weight is 238 g/mol. The fraction of sp³-hybridized carbons (Fsp3) is 0.769. The molecule has 1 rings (SSSR count). The van der Waals surface area contributed by atoms with Crippen LogP contribution in [-0.2, 0) is 13.6 Å². The van der Waals surface area contributed by atoms with Crippen LogP contribution in [-0.4, -0.2) is 40.9 Å². The van der Waals surface area contributed by atoms with Crippen molar-refractivity contribution in [1.29, 1.82) is 0 Å². The van der Waals surface area contributed by atoms with E-state index in [4.69, 9.17) is 0 Å². The third-order valence-electron chi connectivity index (χ3n) is 2.92. The molecule has 0 saturated carbocycles. The van der Waals surface area contributed by atoms with Crippen molar-refractivity contribution in [2.45, 2.75) is 39.3 Å². The van der Waals surface area contributed by atoms with Crippen LogP contribution in [0.4, 0.5) is 0 Å². The van der Waals surface area contributed by atoms with Gasteiger partial charge in [-0.2, -0.15) is 5.10 Å². The van der Waals surface area contributed by atoms with Crippen molar-refractivity contribution in [2.24, 2.45) is 7.05 Å². The lowest BCUT2D eigenvalue weighted by Crippen LogP contribution is -2.34. The van der Waals surface area contributed by atoms with Crippen molar-refractivity contribution in [3.8, 4) is 0 Å². The summed E-state index contributed by atoms with van der Waals surface area (Å²) in [6.07, 6.45) is 6.51. The highest BCUT2D eigenvalue weighted by molar-refractivity contribution is 5.02. The van der Waals surface area contributed by atoms with E-state index in [1.807, 2.05) is 17.9 Å².